The quantitative estimate of drug-likeness (QED) is 0.470. The number of aromatic amines is 1. The van der Waals surface area contributed by atoms with Crippen LogP contribution in [0.3, 0.4) is 0 Å². The number of H-pyrrole nitrogens is 1. The van der Waals surface area contributed by atoms with Crippen molar-refractivity contribution in [1.29, 1.82) is 0 Å². The SMILES string of the molecule is CC1SC(c2ccccc2)N(c2c(-c3ccccc3)[nH]c3ccccc23)C1=O. The van der Waals surface area contributed by atoms with Gasteiger partial charge in [-0.2, -0.15) is 0 Å². The minimum atomic E-state index is -0.0810. The number of nitrogens with one attached hydrogen (secondary N) is 1. The molecule has 1 aliphatic rings. The van der Waals surface area contributed by atoms with Crippen molar-refractivity contribution in [3.05, 3.63) is 90.5 Å². The van der Waals surface area contributed by atoms with Crippen LogP contribution in [0.4, 0.5) is 5.69 Å². The molecule has 1 aliphatic heterocycles. The summed E-state index contributed by atoms with van der Waals surface area (Å²) in [7, 11) is 0. The van der Waals surface area contributed by atoms with Crippen LogP contribution >= 0.6 is 11.8 Å². The molecule has 1 saturated heterocycles. The van der Waals surface area contributed by atoms with E-state index in [4.69, 9.17) is 0 Å². The van der Waals surface area contributed by atoms with Gasteiger partial charge in [-0.3, -0.25) is 9.69 Å². The lowest BCUT2D eigenvalue weighted by atomic mass is 10.1. The predicted octanol–water partition coefficient (Wildman–Crippen LogP) is 6.00. The Morgan fingerprint density at radius 2 is 1.50 bits per heavy atom. The average molecular weight is 385 g/mol. The first-order chi connectivity index (χ1) is 13.7. The summed E-state index contributed by atoms with van der Waals surface area (Å²) in [6, 6.07) is 28.8. The normalized spacial score (nSPS) is 19.5. The molecule has 2 heterocycles. The maximum atomic E-state index is 13.3. The van der Waals surface area contributed by atoms with E-state index in [9.17, 15) is 4.79 Å². The fraction of sp³-hybridized carbons (Fsp3) is 0.125. The Labute approximate surface area is 168 Å². The molecule has 1 fully saturated rings. The molecule has 1 amide bonds. The van der Waals surface area contributed by atoms with Gasteiger partial charge in [0.05, 0.1) is 16.6 Å². The van der Waals surface area contributed by atoms with Crippen LogP contribution in [-0.4, -0.2) is 16.1 Å². The average Bonchev–Trinajstić information content (AvgIpc) is 3.27. The highest BCUT2D eigenvalue weighted by Crippen LogP contribution is 2.50. The summed E-state index contributed by atoms with van der Waals surface area (Å²) >= 11 is 1.71. The molecule has 1 aromatic heterocycles. The van der Waals surface area contributed by atoms with Gasteiger partial charge in [0, 0.05) is 16.5 Å². The number of aromatic nitrogens is 1. The van der Waals surface area contributed by atoms with Gasteiger partial charge in [-0.25, -0.2) is 0 Å². The number of para-hydroxylation sites is 1. The van der Waals surface area contributed by atoms with Crippen molar-refractivity contribution in [3.8, 4) is 11.3 Å². The van der Waals surface area contributed by atoms with Crippen LogP contribution < -0.4 is 4.90 Å². The zero-order valence-corrected chi connectivity index (χ0v) is 16.3. The largest absolute Gasteiger partial charge is 0.353 e. The Kier molecular flexibility index (Phi) is 4.21. The fourth-order valence-corrected chi connectivity index (χ4v) is 5.15. The van der Waals surface area contributed by atoms with Gasteiger partial charge < -0.3 is 4.98 Å². The molecule has 3 nitrogen and oxygen atoms in total. The third-order valence-corrected chi connectivity index (χ3v) is 6.57. The standard InChI is InChI=1S/C24H20N2OS/c1-16-23(27)26(24(28-16)18-12-6-3-7-13-18)22-19-14-8-9-15-20(19)25-21(22)17-10-4-2-5-11-17/h2-16,24-25H,1H3. The van der Waals surface area contributed by atoms with Crippen molar-refractivity contribution in [3.63, 3.8) is 0 Å². The Morgan fingerprint density at radius 3 is 2.25 bits per heavy atom. The molecule has 3 aromatic carbocycles. The number of carbonyl (C=O) groups is 1. The number of carbonyl (C=O) groups excluding carboxylic acids is 1. The van der Waals surface area contributed by atoms with Crippen molar-refractivity contribution in [1.82, 2.24) is 4.98 Å². The molecule has 0 bridgehead atoms. The van der Waals surface area contributed by atoms with E-state index in [0.29, 0.717) is 0 Å². The van der Waals surface area contributed by atoms with Crippen molar-refractivity contribution < 1.29 is 4.79 Å². The summed E-state index contributed by atoms with van der Waals surface area (Å²) in [5.41, 5.74) is 5.23. The van der Waals surface area contributed by atoms with E-state index in [1.54, 1.807) is 11.8 Å². The minimum absolute atomic E-state index is 0.0367. The first-order valence-electron chi connectivity index (χ1n) is 9.43. The highest BCUT2D eigenvalue weighted by molar-refractivity contribution is 8.01. The van der Waals surface area contributed by atoms with E-state index >= 15 is 0 Å². The number of fused-ring (bicyclic) bond motifs is 1. The molecule has 5 rings (SSSR count). The Bertz CT molecular complexity index is 1140. The molecule has 4 heteroatoms. The third-order valence-electron chi connectivity index (χ3n) is 5.22. The Hall–Kier alpha value is -2.98. The molecule has 28 heavy (non-hydrogen) atoms. The van der Waals surface area contributed by atoms with E-state index in [1.165, 1.54) is 0 Å². The van der Waals surface area contributed by atoms with Crippen LogP contribution in [-0.2, 0) is 4.79 Å². The van der Waals surface area contributed by atoms with Gasteiger partial charge in [0.2, 0.25) is 5.91 Å². The van der Waals surface area contributed by atoms with Gasteiger partial charge in [0.1, 0.15) is 5.37 Å². The van der Waals surface area contributed by atoms with E-state index in [1.807, 2.05) is 60.4 Å². The number of nitrogens with zero attached hydrogens (tertiary/aromatic N) is 1. The lowest BCUT2D eigenvalue weighted by Gasteiger charge is -2.25. The van der Waals surface area contributed by atoms with Crippen LogP contribution in [0.15, 0.2) is 84.9 Å². The molecule has 0 radical (unpaired) electrons. The summed E-state index contributed by atoms with van der Waals surface area (Å²) in [6.07, 6.45) is 0. The molecule has 1 N–H and O–H groups in total. The first kappa shape index (κ1) is 17.1. The van der Waals surface area contributed by atoms with Crippen molar-refractivity contribution in [2.75, 3.05) is 4.90 Å². The number of thioether (sulfide) groups is 1. The molecule has 0 aliphatic carbocycles. The number of rotatable bonds is 3. The molecule has 4 aromatic rings. The van der Waals surface area contributed by atoms with Crippen molar-refractivity contribution in [2.24, 2.45) is 0 Å². The monoisotopic (exact) mass is 384 g/mol. The van der Waals surface area contributed by atoms with Crippen molar-refractivity contribution >= 4 is 34.3 Å². The van der Waals surface area contributed by atoms with Gasteiger partial charge in [-0.15, -0.1) is 11.8 Å². The second-order valence-electron chi connectivity index (χ2n) is 7.01. The zero-order valence-electron chi connectivity index (χ0n) is 15.5. The Morgan fingerprint density at radius 1 is 0.857 bits per heavy atom. The first-order valence-corrected chi connectivity index (χ1v) is 10.4. The second-order valence-corrected chi connectivity index (χ2v) is 8.44. The number of anilines is 1. The number of amides is 1. The predicted molar refractivity (Wildman–Crippen MR) is 117 cm³/mol. The summed E-state index contributed by atoms with van der Waals surface area (Å²) in [5.74, 6) is 0.154. The van der Waals surface area contributed by atoms with Crippen molar-refractivity contribution in [2.45, 2.75) is 17.5 Å². The minimum Gasteiger partial charge on any atom is -0.353 e. The van der Waals surface area contributed by atoms with Gasteiger partial charge in [-0.05, 0) is 18.6 Å². The summed E-state index contributed by atoms with van der Waals surface area (Å²) in [4.78, 5) is 18.9. The number of hydrogen-bond donors (Lipinski definition) is 1. The highest BCUT2D eigenvalue weighted by atomic mass is 32.2. The zero-order chi connectivity index (χ0) is 19.1. The molecule has 2 unspecified atom stereocenters. The lowest BCUT2D eigenvalue weighted by Crippen LogP contribution is -2.30. The summed E-state index contributed by atoms with van der Waals surface area (Å²) < 4.78 is 0. The smallest absolute Gasteiger partial charge is 0.241 e. The second kappa shape index (κ2) is 6.88. The number of hydrogen-bond acceptors (Lipinski definition) is 2. The molecular formula is C24H20N2OS. The molecule has 0 spiro atoms. The van der Waals surface area contributed by atoms with Gasteiger partial charge in [-0.1, -0.05) is 78.9 Å². The van der Waals surface area contributed by atoms with E-state index in [-0.39, 0.29) is 16.5 Å². The van der Waals surface area contributed by atoms with Crippen LogP contribution in [0.1, 0.15) is 17.9 Å². The Balaban J connectivity index is 1.76. The van der Waals surface area contributed by atoms with E-state index < -0.39 is 0 Å². The van der Waals surface area contributed by atoms with Gasteiger partial charge >= 0.3 is 0 Å². The third kappa shape index (κ3) is 2.72. The molecular weight excluding hydrogens is 364 g/mol. The molecule has 2 atom stereocenters. The maximum absolute atomic E-state index is 13.3. The lowest BCUT2D eigenvalue weighted by molar-refractivity contribution is -0.117. The fourth-order valence-electron chi connectivity index (χ4n) is 3.89. The topological polar surface area (TPSA) is 36.1 Å². The van der Waals surface area contributed by atoms with E-state index in [2.05, 4.69) is 41.4 Å². The number of benzene rings is 3. The summed E-state index contributed by atoms with van der Waals surface area (Å²) in [5, 5.41) is 0.957. The van der Waals surface area contributed by atoms with Gasteiger partial charge in [0.25, 0.3) is 0 Å². The van der Waals surface area contributed by atoms with Crippen LogP contribution in [0.2, 0.25) is 0 Å². The maximum Gasteiger partial charge on any atom is 0.241 e. The van der Waals surface area contributed by atoms with Gasteiger partial charge in [0.15, 0.2) is 0 Å². The van der Waals surface area contributed by atoms with Crippen LogP contribution in [0.25, 0.3) is 22.2 Å². The summed E-state index contributed by atoms with van der Waals surface area (Å²) in [6.45, 7) is 2.00. The van der Waals surface area contributed by atoms with E-state index in [0.717, 1.165) is 33.4 Å². The van der Waals surface area contributed by atoms with Crippen LogP contribution in [0.5, 0.6) is 0 Å². The van der Waals surface area contributed by atoms with Crippen LogP contribution in [0, 0.1) is 0 Å². The molecule has 0 saturated carbocycles. The molecule has 138 valence electrons. The highest BCUT2D eigenvalue weighted by Gasteiger charge is 2.41.